The molecule has 1 aliphatic rings. The van der Waals surface area contributed by atoms with E-state index in [4.69, 9.17) is 4.74 Å². The minimum Gasteiger partial charge on any atom is -0.378 e. The third kappa shape index (κ3) is 6.42. The maximum atomic E-state index is 9.45. The Bertz CT molecular complexity index is 103. The Balaban J connectivity index is 0.000000671. The van der Waals surface area contributed by atoms with Crippen molar-refractivity contribution >= 4 is 8.15 Å². The van der Waals surface area contributed by atoms with Crippen LogP contribution in [0.2, 0.25) is 0 Å². The van der Waals surface area contributed by atoms with Crippen molar-refractivity contribution in [2.75, 3.05) is 19.6 Å². The molecule has 1 atom stereocenters. The first-order valence-corrected chi connectivity index (χ1v) is 6.92. The van der Waals surface area contributed by atoms with Gasteiger partial charge in [0.2, 0.25) is 0 Å². The van der Waals surface area contributed by atoms with Crippen molar-refractivity contribution in [3.8, 4) is 0 Å². The van der Waals surface area contributed by atoms with Crippen LogP contribution >= 0.6 is 8.15 Å². The van der Waals surface area contributed by atoms with E-state index < -0.39 is 8.15 Å². The van der Waals surface area contributed by atoms with E-state index in [1.807, 2.05) is 13.8 Å². The smallest absolute Gasteiger partial charge is 0.0900 e. The van der Waals surface area contributed by atoms with Gasteiger partial charge in [-0.25, -0.2) is 0 Å². The van der Waals surface area contributed by atoms with Gasteiger partial charge in [-0.3, -0.25) is 0 Å². The van der Waals surface area contributed by atoms with E-state index in [2.05, 4.69) is 0 Å². The highest BCUT2D eigenvalue weighted by Gasteiger charge is 2.18. The van der Waals surface area contributed by atoms with Crippen LogP contribution in [-0.2, 0) is 4.74 Å². The highest BCUT2D eigenvalue weighted by Crippen LogP contribution is 2.38. The van der Waals surface area contributed by atoms with E-state index in [1.165, 1.54) is 25.7 Å². The Morgan fingerprint density at radius 1 is 1.31 bits per heavy atom. The molecular formula is C10H23O2P. The summed E-state index contributed by atoms with van der Waals surface area (Å²) in [6.07, 6.45) is 6.93. The largest absolute Gasteiger partial charge is 0.378 e. The standard InChI is InChI=1S/C8H17O2P.C2H6/c1-10-7-11(9)6-8-4-2-3-5-8;1-2/h8-9H,2-7H2,1H3;1-2H3. The molecule has 80 valence electrons. The van der Waals surface area contributed by atoms with Crippen LogP contribution in [0.5, 0.6) is 0 Å². The van der Waals surface area contributed by atoms with Crippen LogP contribution in [0.3, 0.4) is 0 Å². The van der Waals surface area contributed by atoms with Crippen molar-refractivity contribution in [3.05, 3.63) is 0 Å². The minimum absolute atomic E-state index is 0.561. The Labute approximate surface area is 83.5 Å². The Kier molecular flexibility index (Phi) is 9.17. The summed E-state index contributed by atoms with van der Waals surface area (Å²) in [5.74, 6) is 0.793. The van der Waals surface area contributed by atoms with E-state index in [-0.39, 0.29) is 0 Å². The van der Waals surface area contributed by atoms with Gasteiger partial charge in [-0.2, -0.15) is 0 Å². The fourth-order valence-electron chi connectivity index (χ4n) is 1.69. The number of rotatable bonds is 4. The summed E-state index contributed by atoms with van der Waals surface area (Å²) in [6.45, 7) is 4.00. The predicted molar refractivity (Wildman–Crippen MR) is 59.2 cm³/mol. The molecule has 0 spiro atoms. The second-order valence-corrected chi connectivity index (χ2v) is 4.89. The lowest BCUT2D eigenvalue weighted by atomic mass is 10.1. The van der Waals surface area contributed by atoms with Crippen LogP contribution in [0, 0.1) is 5.92 Å². The molecule has 1 saturated carbocycles. The van der Waals surface area contributed by atoms with Gasteiger partial charge < -0.3 is 9.63 Å². The summed E-state index contributed by atoms with van der Waals surface area (Å²) in [5.41, 5.74) is 0. The molecule has 1 aliphatic carbocycles. The molecule has 13 heavy (non-hydrogen) atoms. The van der Waals surface area contributed by atoms with E-state index in [0.29, 0.717) is 6.35 Å². The maximum Gasteiger partial charge on any atom is 0.0900 e. The first-order chi connectivity index (χ1) is 6.33. The third-order valence-electron chi connectivity index (χ3n) is 2.22. The summed E-state index contributed by atoms with van der Waals surface area (Å²) >= 11 is 0. The zero-order chi connectivity index (χ0) is 10.1. The van der Waals surface area contributed by atoms with E-state index >= 15 is 0 Å². The molecule has 0 heterocycles. The summed E-state index contributed by atoms with van der Waals surface area (Å²) in [6, 6.07) is 0. The molecule has 0 aromatic carbocycles. The van der Waals surface area contributed by atoms with Gasteiger partial charge in [0.1, 0.15) is 0 Å². The average Bonchev–Trinajstić information content (AvgIpc) is 2.61. The van der Waals surface area contributed by atoms with Crippen LogP contribution in [0.25, 0.3) is 0 Å². The van der Waals surface area contributed by atoms with Crippen LogP contribution in [-0.4, -0.2) is 24.5 Å². The average molecular weight is 206 g/mol. The first-order valence-electron chi connectivity index (χ1n) is 5.25. The van der Waals surface area contributed by atoms with Crippen LogP contribution in [0.4, 0.5) is 0 Å². The lowest BCUT2D eigenvalue weighted by Crippen LogP contribution is -2.01. The van der Waals surface area contributed by atoms with Crippen molar-refractivity contribution in [2.45, 2.75) is 39.5 Å². The highest BCUT2D eigenvalue weighted by atomic mass is 31.1. The topological polar surface area (TPSA) is 29.5 Å². The fraction of sp³-hybridized carbons (Fsp3) is 1.00. The molecule has 1 fully saturated rings. The van der Waals surface area contributed by atoms with Gasteiger partial charge in [0.05, 0.1) is 14.5 Å². The summed E-state index contributed by atoms with van der Waals surface area (Å²) < 4.78 is 4.89. The van der Waals surface area contributed by atoms with Gasteiger partial charge in [-0.1, -0.05) is 39.5 Å². The zero-order valence-electron chi connectivity index (χ0n) is 9.12. The second-order valence-electron chi connectivity index (χ2n) is 3.26. The molecular weight excluding hydrogens is 183 g/mol. The summed E-state index contributed by atoms with van der Waals surface area (Å²) in [4.78, 5) is 9.45. The molecule has 0 aliphatic heterocycles. The quantitative estimate of drug-likeness (QED) is 0.716. The maximum absolute atomic E-state index is 9.45. The third-order valence-corrected chi connectivity index (χ3v) is 3.72. The van der Waals surface area contributed by atoms with Crippen molar-refractivity contribution in [3.63, 3.8) is 0 Å². The molecule has 0 aromatic heterocycles. The fourth-order valence-corrected chi connectivity index (χ4v) is 3.06. The molecule has 0 saturated heterocycles. The van der Waals surface area contributed by atoms with Crippen molar-refractivity contribution < 1.29 is 9.63 Å². The van der Waals surface area contributed by atoms with E-state index in [9.17, 15) is 4.89 Å². The Hall–Kier alpha value is 0.350. The number of methoxy groups -OCH3 is 1. The predicted octanol–water partition coefficient (Wildman–Crippen LogP) is 3.20. The van der Waals surface area contributed by atoms with Gasteiger partial charge in [0.15, 0.2) is 0 Å². The van der Waals surface area contributed by atoms with Gasteiger partial charge in [0, 0.05) is 7.11 Å². The van der Waals surface area contributed by atoms with Crippen LogP contribution < -0.4 is 0 Å². The van der Waals surface area contributed by atoms with Crippen molar-refractivity contribution in [1.29, 1.82) is 0 Å². The first kappa shape index (κ1) is 13.4. The van der Waals surface area contributed by atoms with Gasteiger partial charge >= 0.3 is 0 Å². The monoisotopic (exact) mass is 206 g/mol. The summed E-state index contributed by atoms with van der Waals surface area (Å²) in [5, 5.41) is 0. The van der Waals surface area contributed by atoms with Crippen LogP contribution in [0.15, 0.2) is 0 Å². The molecule has 0 amide bonds. The zero-order valence-corrected chi connectivity index (χ0v) is 10.0. The molecule has 0 radical (unpaired) electrons. The number of hydrogen-bond acceptors (Lipinski definition) is 2. The Morgan fingerprint density at radius 3 is 2.31 bits per heavy atom. The molecule has 1 unspecified atom stereocenters. The van der Waals surface area contributed by atoms with Gasteiger partial charge in [-0.05, 0) is 12.1 Å². The molecule has 0 aromatic rings. The molecule has 3 heteroatoms. The normalized spacial score (nSPS) is 19.4. The van der Waals surface area contributed by atoms with E-state index in [0.717, 1.165) is 12.1 Å². The van der Waals surface area contributed by atoms with Crippen LogP contribution in [0.1, 0.15) is 39.5 Å². The number of hydrogen-bond donors (Lipinski definition) is 1. The highest BCUT2D eigenvalue weighted by molar-refractivity contribution is 7.51. The Morgan fingerprint density at radius 2 is 1.85 bits per heavy atom. The van der Waals surface area contributed by atoms with Crippen molar-refractivity contribution in [1.82, 2.24) is 0 Å². The lowest BCUT2D eigenvalue weighted by molar-refractivity contribution is 0.247. The summed E-state index contributed by atoms with van der Waals surface area (Å²) in [7, 11) is 0.839. The molecule has 0 bridgehead atoms. The molecule has 2 nitrogen and oxygen atoms in total. The molecule has 1 rings (SSSR count). The lowest BCUT2D eigenvalue weighted by Gasteiger charge is -2.13. The van der Waals surface area contributed by atoms with Crippen molar-refractivity contribution in [2.24, 2.45) is 5.92 Å². The number of ether oxygens (including phenoxy) is 1. The van der Waals surface area contributed by atoms with E-state index in [1.54, 1.807) is 7.11 Å². The SMILES string of the molecule is CC.COCP(O)CC1CCCC1. The second kappa shape index (κ2) is 8.93. The minimum atomic E-state index is -0.814. The van der Waals surface area contributed by atoms with Gasteiger partial charge in [0.25, 0.3) is 0 Å². The van der Waals surface area contributed by atoms with Gasteiger partial charge in [-0.15, -0.1) is 0 Å². The molecule has 1 N–H and O–H groups in total.